The Bertz CT molecular complexity index is 595. The van der Waals surface area contributed by atoms with Crippen molar-refractivity contribution in [3.63, 3.8) is 0 Å². The Balaban J connectivity index is 1.84. The highest BCUT2D eigenvalue weighted by atomic mass is 32.2. The van der Waals surface area contributed by atoms with Crippen LogP contribution in [0.2, 0.25) is 0 Å². The zero-order valence-corrected chi connectivity index (χ0v) is 11.2. The molecule has 2 atom stereocenters. The number of sulfonamides is 1. The SMILES string of the molecule is O=C(O)c1cc(S(=O)(=O)N2C[C@H]3CCC[C@H]3C2)c[nH]1. The van der Waals surface area contributed by atoms with Crippen molar-refractivity contribution in [1.29, 1.82) is 0 Å². The van der Waals surface area contributed by atoms with E-state index >= 15 is 0 Å². The summed E-state index contributed by atoms with van der Waals surface area (Å²) in [6.45, 7) is 1.14. The summed E-state index contributed by atoms with van der Waals surface area (Å²) in [6, 6.07) is 1.19. The number of nitrogens with one attached hydrogen (secondary N) is 1. The second-order valence-electron chi connectivity index (χ2n) is 5.33. The van der Waals surface area contributed by atoms with Crippen LogP contribution in [0.15, 0.2) is 17.2 Å². The number of carbonyl (C=O) groups is 1. The summed E-state index contributed by atoms with van der Waals surface area (Å²) in [5.74, 6) is -0.194. The quantitative estimate of drug-likeness (QED) is 0.870. The van der Waals surface area contributed by atoms with E-state index in [1.807, 2.05) is 0 Å². The molecule has 0 spiro atoms. The van der Waals surface area contributed by atoms with Gasteiger partial charge in [-0.3, -0.25) is 0 Å². The fourth-order valence-electron chi connectivity index (χ4n) is 3.18. The smallest absolute Gasteiger partial charge is 0.352 e. The molecule has 0 bridgehead atoms. The summed E-state index contributed by atoms with van der Waals surface area (Å²) in [5, 5.41) is 8.82. The molecule has 2 N–H and O–H groups in total. The van der Waals surface area contributed by atoms with Crippen LogP contribution in [0.4, 0.5) is 0 Å². The van der Waals surface area contributed by atoms with E-state index in [0.717, 1.165) is 12.8 Å². The van der Waals surface area contributed by atoms with Gasteiger partial charge in [0.1, 0.15) is 10.6 Å². The molecule has 0 unspecified atom stereocenters. The van der Waals surface area contributed by atoms with Crippen molar-refractivity contribution >= 4 is 16.0 Å². The van der Waals surface area contributed by atoms with Gasteiger partial charge in [0.2, 0.25) is 10.0 Å². The summed E-state index contributed by atoms with van der Waals surface area (Å²) in [5.41, 5.74) is -0.0991. The fraction of sp³-hybridized carbons (Fsp3) is 0.583. The molecule has 3 rings (SSSR count). The summed E-state index contributed by atoms with van der Waals surface area (Å²) in [4.78, 5) is 13.3. The molecular weight excluding hydrogens is 268 g/mol. The monoisotopic (exact) mass is 284 g/mol. The van der Waals surface area contributed by atoms with Crippen molar-refractivity contribution in [2.75, 3.05) is 13.1 Å². The van der Waals surface area contributed by atoms with E-state index < -0.39 is 16.0 Å². The number of aromatic carboxylic acids is 1. The number of aromatic amines is 1. The Kier molecular flexibility index (Phi) is 2.90. The van der Waals surface area contributed by atoms with E-state index in [9.17, 15) is 13.2 Å². The van der Waals surface area contributed by atoms with Crippen molar-refractivity contribution in [3.05, 3.63) is 18.0 Å². The first kappa shape index (κ1) is 12.7. The average Bonchev–Trinajstić information content (AvgIpc) is 3.04. The van der Waals surface area contributed by atoms with Crippen LogP contribution >= 0.6 is 0 Å². The Labute approximate surface area is 111 Å². The third-order valence-corrected chi connectivity index (χ3v) is 6.03. The predicted molar refractivity (Wildman–Crippen MR) is 67.3 cm³/mol. The minimum absolute atomic E-state index is 0.0462. The van der Waals surface area contributed by atoms with E-state index in [1.54, 1.807) is 0 Å². The van der Waals surface area contributed by atoms with Crippen LogP contribution < -0.4 is 0 Å². The van der Waals surface area contributed by atoms with Crippen molar-refractivity contribution in [2.24, 2.45) is 11.8 Å². The van der Waals surface area contributed by atoms with Crippen molar-refractivity contribution < 1.29 is 18.3 Å². The van der Waals surface area contributed by atoms with Crippen LogP contribution in [-0.4, -0.2) is 41.9 Å². The van der Waals surface area contributed by atoms with Crippen molar-refractivity contribution in [1.82, 2.24) is 9.29 Å². The molecule has 6 nitrogen and oxygen atoms in total. The maximum absolute atomic E-state index is 12.4. The van der Waals surface area contributed by atoms with E-state index in [4.69, 9.17) is 5.11 Å². The third-order valence-electron chi connectivity index (χ3n) is 4.22. The van der Waals surface area contributed by atoms with Crippen LogP contribution in [0.25, 0.3) is 0 Å². The molecule has 0 radical (unpaired) electrons. The molecule has 104 valence electrons. The van der Waals surface area contributed by atoms with Crippen LogP contribution in [0, 0.1) is 11.8 Å². The standard InChI is InChI=1S/C12H16N2O4S/c15-12(16)11-4-10(5-13-11)19(17,18)14-6-8-2-1-3-9(8)7-14/h4-5,8-9,13H,1-3,6-7H2,(H,15,16)/t8-,9+. The molecule has 19 heavy (non-hydrogen) atoms. The number of carboxylic acids is 1. The molecule has 0 amide bonds. The van der Waals surface area contributed by atoms with E-state index in [0.29, 0.717) is 24.9 Å². The normalized spacial score (nSPS) is 27.6. The number of hydrogen-bond acceptors (Lipinski definition) is 3. The first-order valence-electron chi connectivity index (χ1n) is 6.40. The van der Waals surface area contributed by atoms with Crippen LogP contribution in [0.3, 0.4) is 0 Å². The highest BCUT2D eigenvalue weighted by molar-refractivity contribution is 7.89. The lowest BCUT2D eigenvalue weighted by atomic mass is 10.0. The summed E-state index contributed by atoms with van der Waals surface area (Å²) >= 11 is 0. The molecule has 1 aromatic heterocycles. The number of H-pyrrole nitrogens is 1. The van der Waals surface area contributed by atoms with Gasteiger partial charge < -0.3 is 10.1 Å². The predicted octanol–water partition coefficient (Wildman–Crippen LogP) is 1.13. The Morgan fingerprint density at radius 1 is 1.32 bits per heavy atom. The third kappa shape index (κ3) is 2.06. The number of nitrogens with zero attached hydrogens (tertiary/aromatic N) is 1. The van der Waals surface area contributed by atoms with Gasteiger partial charge in [-0.1, -0.05) is 6.42 Å². The Morgan fingerprint density at radius 3 is 2.47 bits per heavy atom. The number of carboxylic acid groups (broad SMARTS) is 1. The van der Waals surface area contributed by atoms with Gasteiger partial charge in [-0.05, 0) is 30.7 Å². The highest BCUT2D eigenvalue weighted by Crippen LogP contribution is 2.39. The average molecular weight is 284 g/mol. The Hall–Kier alpha value is -1.34. The molecule has 2 aliphatic rings. The first-order chi connectivity index (χ1) is 8.98. The van der Waals surface area contributed by atoms with Gasteiger partial charge >= 0.3 is 5.97 Å². The minimum atomic E-state index is -3.55. The zero-order valence-electron chi connectivity index (χ0n) is 10.4. The molecule has 1 aliphatic carbocycles. The second-order valence-corrected chi connectivity index (χ2v) is 7.27. The molecule has 2 heterocycles. The van der Waals surface area contributed by atoms with E-state index in [-0.39, 0.29) is 10.6 Å². The van der Waals surface area contributed by atoms with Gasteiger partial charge in [-0.2, -0.15) is 4.31 Å². The molecule has 1 aromatic rings. The van der Waals surface area contributed by atoms with E-state index in [1.165, 1.54) is 23.0 Å². The van der Waals surface area contributed by atoms with Crippen LogP contribution in [0.1, 0.15) is 29.8 Å². The minimum Gasteiger partial charge on any atom is -0.477 e. The number of aromatic nitrogens is 1. The molecule has 1 saturated heterocycles. The lowest BCUT2D eigenvalue weighted by Gasteiger charge is -2.15. The Morgan fingerprint density at radius 2 is 1.95 bits per heavy atom. The van der Waals surface area contributed by atoms with E-state index in [2.05, 4.69) is 4.98 Å². The molecular formula is C12H16N2O4S. The summed E-state index contributed by atoms with van der Waals surface area (Å²) in [6.07, 6.45) is 4.65. The van der Waals surface area contributed by atoms with Gasteiger partial charge in [0, 0.05) is 19.3 Å². The number of rotatable bonds is 3. The first-order valence-corrected chi connectivity index (χ1v) is 7.84. The molecule has 0 aromatic carbocycles. The molecule has 1 saturated carbocycles. The summed E-state index contributed by atoms with van der Waals surface area (Å²) < 4.78 is 26.3. The largest absolute Gasteiger partial charge is 0.477 e. The molecule has 1 aliphatic heterocycles. The fourth-order valence-corrected chi connectivity index (χ4v) is 4.73. The maximum Gasteiger partial charge on any atom is 0.352 e. The van der Waals surface area contributed by atoms with Gasteiger partial charge in [0.05, 0.1) is 0 Å². The number of hydrogen-bond donors (Lipinski definition) is 2. The second kappa shape index (κ2) is 4.35. The zero-order chi connectivity index (χ0) is 13.6. The van der Waals surface area contributed by atoms with Crippen LogP contribution in [0.5, 0.6) is 0 Å². The van der Waals surface area contributed by atoms with Crippen molar-refractivity contribution in [3.8, 4) is 0 Å². The van der Waals surface area contributed by atoms with Gasteiger partial charge in [0.25, 0.3) is 0 Å². The van der Waals surface area contributed by atoms with Crippen molar-refractivity contribution in [2.45, 2.75) is 24.2 Å². The van der Waals surface area contributed by atoms with Gasteiger partial charge in [0.15, 0.2) is 0 Å². The maximum atomic E-state index is 12.4. The molecule has 7 heteroatoms. The van der Waals surface area contributed by atoms with Gasteiger partial charge in [-0.15, -0.1) is 0 Å². The topological polar surface area (TPSA) is 90.5 Å². The van der Waals surface area contributed by atoms with Gasteiger partial charge in [-0.25, -0.2) is 13.2 Å². The molecule has 2 fully saturated rings. The lowest BCUT2D eigenvalue weighted by Crippen LogP contribution is -2.29. The highest BCUT2D eigenvalue weighted by Gasteiger charge is 2.41. The summed E-state index contributed by atoms with van der Waals surface area (Å²) in [7, 11) is -3.55. The number of fused-ring (bicyclic) bond motifs is 1. The van der Waals surface area contributed by atoms with Crippen LogP contribution in [-0.2, 0) is 10.0 Å². The lowest BCUT2D eigenvalue weighted by molar-refractivity contribution is 0.0691.